The van der Waals surface area contributed by atoms with Crippen LogP contribution in [0.25, 0.3) is 5.69 Å². The molecule has 0 spiro atoms. The maximum Gasteiger partial charge on any atom is 0.234 e. The molecule has 0 unspecified atom stereocenters. The van der Waals surface area contributed by atoms with E-state index in [9.17, 15) is 4.79 Å². The zero-order valence-corrected chi connectivity index (χ0v) is 19.3. The van der Waals surface area contributed by atoms with Gasteiger partial charge in [-0.3, -0.25) is 9.36 Å². The van der Waals surface area contributed by atoms with Crippen LogP contribution < -0.4 is 14.8 Å². The number of nitrogens with zero attached hydrogens (tertiary/aromatic N) is 3. The lowest BCUT2D eigenvalue weighted by Crippen LogP contribution is -2.14. The van der Waals surface area contributed by atoms with Crippen molar-refractivity contribution in [2.75, 3.05) is 18.2 Å². The van der Waals surface area contributed by atoms with Crippen LogP contribution in [0.1, 0.15) is 5.82 Å². The highest BCUT2D eigenvalue weighted by atomic mass is 35.5. The lowest BCUT2D eigenvalue weighted by molar-refractivity contribution is -0.113. The Hall–Kier alpha value is -3.49. The van der Waals surface area contributed by atoms with Gasteiger partial charge in [-0.15, -0.1) is 10.2 Å². The average molecular weight is 481 g/mol. The highest BCUT2D eigenvalue weighted by Gasteiger charge is 2.17. The number of rotatable bonds is 9. The van der Waals surface area contributed by atoms with E-state index < -0.39 is 0 Å². The van der Waals surface area contributed by atoms with Gasteiger partial charge in [0.15, 0.2) is 11.0 Å². The molecule has 1 heterocycles. The van der Waals surface area contributed by atoms with E-state index in [1.807, 2.05) is 59.2 Å². The zero-order chi connectivity index (χ0) is 23.0. The number of thioether (sulfide) groups is 1. The number of nitrogens with one attached hydrogen (secondary N) is 1. The standard InChI is InChI=1S/C24H21ClN4O3S/c1-31-20-13-11-19(12-14-20)29-22(15-32-21-5-3-2-4-6-21)27-28-24(29)33-16-23(30)26-18-9-7-17(25)8-10-18/h2-14H,15-16H2,1H3,(H,26,30). The lowest BCUT2D eigenvalue weighted by Gasteiger charge is -2.12. The molecule has 0 saturated carbocycles. The van der Waals surface area contributed by atoms with Gasteiger partial charge in [-0.1, -0.05) is 41.6 Å². The minimum Gasteiger partial charge on any atom is -0.497 e. The van der Waals surface area contributed by atoms with Gasteiger partial charge in [0.25, 0.3) is 0 Å². The second kappa shape index (κ2) is 10.9. The van der Waals surface area contributed by atoms with Crippen molar-refractivity contribution < 1.29 is 14.3 Å². The molecule has 0 radical (unpaired) electrons. The Balaban J connectivity index is 1.51. The van der Waals surface area contributed by atoms with Crippen LogP contribution in [0.2, 0.25) is 5.02 Å². The predicted octanol–water partition coefficient (Wildman–Crippen LogP) is 5.24. The first kappa shape index (κ1) is 22.7. The Morgan fingerprint density at radius 2 is 1.70 bits per heavy atom. The number of amides is 1. The van der Waals surface area contributed by atoms with Crippen molar-refractivity contribution >= 4 is 35.0 Å². The maximum absolute atomic E-state index is 12.5. The number of benzene rings is 3. The Morgan fingerprint density at radius 1 is 0.970 bits per heavy atom. The molecule has 0 atom stereocenters. The third kappa shape index (κ3) is 6.06. The number of hydrogen-bond donors (Lipinski definition) is 1. The fraction of sp³-hybridized carbons (Fsp3) is 0.125. The molecule has 3 aromatic carbocycles. The summed E-state index contributed by atoms with van der Waals surface area (Å²) in [5.41, 5.74) is 1.52. The van der Waals surface area contributed by atoms with Gasteiger partial charge in [0.05, 0.1) is 12.9 Å². The summed E-state index contributed by atoms with van der Waals surface area (Å²) < 4.78 is 13.0. The molecule has 0 fully saturated rings. The van der Waals surface area contributed by atoms with Crippen LogP contribution in [0.4, 0.5) is 5.69 Å². The molecular formula is C24H21ClN4O3S. The molecule has 1 aromatic heterocycles. The van der Waals surface area contributed by atoms with E-state index in [0.29, 0.717) is 21.7 Å². The Morgan fingerprint density at radius 3 is 2.39 bits per heavy atom. The van der Waals surface area contributed by atoms with Crippen LogP contribution in [0, 0.1) is 0 Å². The third-order valence-corrected chi connectivity index (χ3v) is 5.78. The first-order valence-electron chi connectivity index (χ1n) is 10.1. The summed E-state index contributed by atoms with van der Waals surface area (Å²) >= 11 is 7.19. The fourth-order valence-electron chi connectivity index (χ4n) is 3.00. The monoisotopic (exact) mass is 480 g/mol. The summed E-state index contributed by atoms with van der Waals surface area (Å²) in [5, 5.41) is 12.7. The van der Waals surface area contributed by atoms with Crippen molar-refractivity contribution in [3.63, 3.8) is 0 Å². The molecule has 0 aliphatic rings. The van der Waals surface area contributed by atoms with E-state index in [1.165, 1.54) is 11.8 Å². The van der Waals surface area contributed by atoms with E-state index in [1.54, 1.807) is 31.4 Å². The number of hydrogen-bond acceptors (Lipinski definition) is 6. The number of carbonyl (C=O) groups is 1. The molecule has 0 saturated heterocycles. The molecule has 0 aliphatic heterocycles. The number of carbonyl (C=O) groups excluding carboxylic acids is 1. The van der Waals surface area contributed by atoms with Crippen LogP contribution in [0.15, 0.2) is 84.0 Å². The molecule has 0 bridgehead atoms. The molecule has 4 aromatic rings. The van der Waals surface area contributed by atoms with Crippen molar-refractivity contribution in [3.8, 4) is 17.2 Å². The summed E-state index contributed by atoms with van der Waals surface area (Å²) in [5.74, 6) is 2.10. The van der Waals surface area contributed by atoms with Gasteiger partial charge in [-0.05, 0) is 60.7 Å². The summed E-state index contributed by atoms with van der Waals surface area (Å²) in [6.07, 6.45) is 0. The number of aromatic nitrogens is 3. The van der Waals surface area contributed by atoms with Crippen molar-refractivity contribution in [1.82, 2.24) is 14.8 Å². The van der Waals surface area contributed by atoms with E-state index >= 15 is 0 Å². The van der Waals surface area contributed by atoms with Gasteiger partial charge in [-0.25, -0.2) is 0 Å². The van der Waals surface area contributed by atoms with Crippen molar-refractivity contribution in [2.45, 2.75) is 11.8 Å². The fourth-order valence-corrected chi connectivity index (χ4v) is 3.90. The quantitative estimate of drug-likeness (QED) is 0.330. The van der Waals surface area contributed by atoms with Gasteiger partial charge in [-0.2, -0.15) is 0 Å². The number of halogens is 1. The van der Waals surface area contributed by atoms with Crippen LogP contribution in [-0.4, -0.2) is 33.5 Å². The van der Waals surface area contributed by atoms with E-state index in [2.05, 4.69) is 15.5 Å². The molecule has 33 heavy (non-hydrogen) atoms. The summed E-state index contributed by atoms with van der Waals surface area (Å²) in [6, 6.07) is 24.0. The highest BCUT2D eigenvalue weighted by Crippen LogP contribution is 2.25. The molecule has 9 heteroatoms. The Kier molecular flexibility index (Phi) is 7.49. The second-order valence-electron chi connectivity index (χ2n) is 6.88. The lowest BCUT2D eigenvalue weighted by atomic mass is 10.3. The van der Waals surface area contributed by atoms with Gasteiger partial charge >= 0.3 is 0 Å². The van der Waals surface area contributed by atoms with E-state index in [4.69, 9.17) is 21.1 Å². The summed E-state index contributed by atoms with van der Waals surface area (Å²) in [6.45, 7) is 0.223. The predicted molar refractivity (Wildman–Crippen MR) is 129 cm³/mol. The van der Waals surface area contributed by atoms with Gasteiger partial charge < -0.3 is 14.8 Å². The summed E-state index contributed by atoms with van der Waals surface area (Å²) in [4.78, 5) is 12.5. The van der Waals surface area contributed by atoms with Crippen LogP contribution in [0.3, 0.4) is 0 Å². The molecule has 4 rings (SSSR count). The van der Waals surface area contributed by atoms with Crippen molar-refractivity contribution in [1.29, 1.82) is 0 Å². The number of anilines is 1. The van der Waals surface area contributed by atoms with E-state index in [0.717, 1.165) is 17.2 Å². The maximum atomic E-state index is 12.5. The molecule has 0 aliphatic carbocycles. The molecule has 1 amide bonds. The molecule has 168 valence electrons. The first-order chi connectivity index (χ1) is 16.1. The summed E-state index contributed by atoms with van der Waals surface area (Å²) in [7, 11) is 1.62. The van der Waals surface area contributed by atoms with Crippen molar-refractivity contribution in [3.05, 3.63) is 89.7 Å². The SMILES string of the molecule is COc1ccc(-n2c(COc3ccccc3)nnc2SCC(=O)Nc2ccc(Cl)cc2)cc1. The van der Waals surface area contributed by atoms with Crippen LogP contribution in [0.5, 0.6) is 11.5 Å². The largest absolute Gasteiger partial charge is 0.497 e. The number of methoxy groups -OCH3 is 1. The van der Waals surface area contributed by atoms with Gasteiger partial charge in [0, 0.05) is 16.4 Å². The average Bonchev–Trinajstić information content (AvgIpc) is 3.26. The van der Waals surface area contributed by atoms with Gasteiger partial charge in [0.2, 0.25) is 5.91 Å². The smallest absolute Gasteiger partial charge is 0.234 e. The van der Waals surface area contributed by atoms with Crippen LogP contribution in [-0.2, 0) is 11.4 Å². The number of para-hydroxylation sites is 1. The topological polar surface area (TPSA) is 78.3 Å². The minimum atomic E-state index is -0.159. The molecular weight excluding hydrogens is 460 g/mol. The molecule has 7 nitrogen and oxygen atoms in total. The van der Waals surface area contributed by atoms with E-state index in [-0.39, 0.29) is 18.3 Å². The first-order valence-corrected chi connectivity index (χ1v) is 11.4. The molecule has 1 N–H and O–H groups in total. The van der Waals surface area contributed by atoms with Crippen molar-refractivity contribution in [2.24, 2.45) is 0 Å². The Bertz CT molecular complexity index is 1200. The minimum absolute atomic E-state index is 0.159. The zero-order valence-electron chi connectivity index (χ0n) is 17.8. The second-order valence-corrected chi connectivity index (χ2v) is 8.26. The highest BCUT2D eigenvalue weighted by molar-refractivity contribution is 7.99. The third-order valence-electron chi connectivity index (χ3n) is 4.60. The Labute approximate surface area is 200 Å². The van der Waals surface area contributed by atoms with Crippen LogP contribution >= 0.6 is 23.4 Å². The normalized spacial score (nSPS) is 10.6. The number of ether oxygens (including phenoxy) is 2. The van der Waals surface area contributed by atoms with Gasteiger partial charge in [0.1, 0.15) is 18.1 Å².